The van der Waals surface area contributed by atoms with Crippen LogP contribution in [0.5, 0.6) is 11.5 Å². The van der Waals surface area contributed by atoms with Crippen LogP contribution in [-0.4, -0.2) is 30.8 Å². The van der Waals surface area contributed by atoms with Crippen molar-refractivity contribution in [2.75, 3.05) is 19.6 Å². The third-order valence-electron chi connectivity index (χ3n) is 4.03. The summed E-state index contributed by atoms with van der Waals surface area (Å²) < 4.78 is 31.7. The summed E-state index contributed by atoms with van der Waals surface area (Å²) in [4.78, 5) is 0. The highest BCUT2D eigenvalue weighted by atomic mass is 19.1. The van der Waals surface area contributed by atoms with Crippen molar-refractivity contribution in [2.24, 2.45) is 5.92 Å². The van der Waals surface area contributed by atoms with Crippen molar-refractivity contribution < 1.29 is 18.6 Å². The van der Waals surface area contributed by atoms with Crippen molar-refractivity contribution in [1.82, 2.24) is 10.6 Å². The number of aliphatic hydroxyl groups is 1. The fourth-order valence-corrected chi connectivity index (χ4v) is 2.73. The zero-order valence-electron chi connectivity index (χ0n) is 13.1. The number of hydrogen-bond donors (Lipinski definition) is 3. The molecule has 24 heavy (non-hydrogen) atoms. The average molecular weight is 334 g/mol. The van der Waals surface area contributed by atoms with Gasteiger partial charge in [0.25, 0.3) is 0 Å². The molecular weight excluding hydrogens is 314 g/mol. The Hall–Kier alpha value is -2.02. The van der Waals surface area contributed by atoms with Gasteiger partial charge in [-0.25, -0.2) is 8.78 Å². The summed E-state index contributed by atoms with van der Waals surface area (Å²) in [6.45, 7) is 2.90. The lowest BCUT2D eigenvalue weighted by Gasteiger charge is -2.14. The Kier molecular flexibility index (Phi) is 5.40. The van der Waals surface area contributed by atoms with Gasteiger partial charge in [0, 0.05) is 50.3 Å². The fourth-order valence-electron chi connectivity index (χ4n) is 2.73. The van der Waals surface area contributed by atoms with E-state index in [2.05, 4.69) is 10.6 Å². The Bertz CT molecular complexity index is 659. The van der Waals surface area contributed by atoms with Crippen LogP contribution in [0.25, 0.3) is 0 Å². The molecule has 0 amide bonds. The second kappa shape index (κ2) is 7.70. The minimum Gasteiger partial charge on any atom is -0.457 e. The Balaban J connectivity index is 1.51. The zero-order chi connectivity index (χ0) is 16.9. The first-order valence-corrected chi connectivity index (χ1v) is 7.92. The highest BCUT2D eigenvalue weighted by molar-refractivity contribution is 5.33. The minimum absolute atomic E-state index is 0.126. The molecule has 0 aromatic heterocycles. The van der Waals surface area contributed by atoms with Crippen molar-refractivity contribution in [3.05, 3.63) is 59.7 Å². The lowest BCUT2D eigenvalue weighted by atomic mass is 10.1. The van der Waals surface area contributed by atoms with E-state index in [9.17, 15) is 13.9 Å². The molecule has 128 valence electrons. The van der Waals surface area contributed by atoms with Gasteiger partial charge in [-0.15, -0.1) is 0 Å². The maximum absolute atomic E-state index is 13.1. The van der Waals surface area contributed by atoms with Crippen molar-refractivity contribution in [1.29, 1.82) is 0 Å². The van der Waals surface area contributed by atoms with Crippen molar-refractivity contribution >= 4 is 0 Å². The van der Waals surface area contributed by atoms with Gasteiger partial charge in [-0.2, -0.15) is 0 Å². The molecule has 1 aliphatic heterocycles. The normalized spacial score (nSPS) is 20.3. The summed E-state index contributed by atoms with van der Waals surface area (Å²) in [7, 11) is 0. The van der Waals surface area contributed by atoms with E-state index in [1.54, 1.807) is 12.1 Å². The Morgan fingerprint density at radius 3 is 2.38 bits per heavy atom. The average Bonchev–Trinajstić information content (AvgIpc) is 2.93. The van der Waals surface area contributed by atoms with E-state index in [0.29, 0.717) is 18.8 Å². The topological polar surface area (TPSA) is 53.5 Å². The molecule has 1 heterocycles. The van der Waals surface area contributed by atoms with Crippen LogP contribution in [0.2, 0.25) is 0 Å². The van der Waals surface area contributed by atoms with Gasteiger partial charge in [0.15, 0.2) is 0 Å². The summed E-state index contributed by atoms with van der Waals surface area (Å²) in [6.07, 6.45) is -0.292. The molecule has 0 radical (unpaired) electrons. The van der Waals surface area contributed by atoms with Crippen molar-refractivity contribution in [2.45, 2.75) is 12.6 Å². The minimum atomic E-state index is -0.672. The third kappa shape index (κ3) is 4.50. The largest absolute Gasteiger partial charge is 0.457 e. The van der Waals surface area contributed by atoms with Crippen LogP contribution in [0.4, 0.5) is 8.78 Å². The number of aliphatic hydroxyl groups excluding tert-OH is 1. The Morgan fingerprint density at radius 1 is 1.04 bits per heavy atom. The number of ether oxygens (including phenoxy) is 1. The molecule has 1 saturated heterocycles. The van der Waals surface area contributed by atoms with E-state index in [1.807, 2.05) is 12.1 Å². The first-order valence-electron chi connectivity index (χ1n) is 7.92. The van der Waals surface area contributed by atoms with Crippen molar-refractivity contribution in [3.63, 3.8) is 0 Å². The first-order chi connectivity index (χ1) is 11.6. The number of halogens is 2. The smallest absolute Gasteiger partial charge is 0.133 e. The van der Waals surface area contributed by atoms with Gasteiger partial charge in [-0.05, 0) is 17.7 Å². The number of nitrogens with one attached hydrogen (secondary N) is 2. The highest BCUT2D eigenvalue weighted by Gasteiger charge is 2.23. The van der Waals surface area contributed by atoms with Crippen LogP contribution in [-0.2, 0) is 6.54 Å². The maximum atomic E-state index is 13.1. The molecule has 3 N–H and O–H groups in total. The molecule has 1 fully saturated rings. The molecule has 0 spiro atoms. The second-order valence-corrected chi connectivity index (χ2v) is 5.97. The number of β-amino-alcohol motifs (C(OH)–C–C–N with tert-alkyl or cyclic N) is 1. The molecule has 0 bridgehead atoms. The van der Waals surface area contributed by atoms with Crippen LogP contribution in [0, 0.1) is 17.6 Å². The molecule has 2 aromatic carbocycles. The van der Waals surface area contributed by atoms with E-state index in [1.165, 1.54) is 0 Å². The number of hydrogen-bond acceptors (Lipinski definition) is 4. The lowest BCUT2D eigenvalue weighted by molar-refractivity contribution is 0.146. The van der Waals surface area contributed by atoms with Gasteiger partial charge in [-0.3, -0.25) is 0 Å². The summed E-state index contributed by atoms with van der Waals surface area (Å²) >= 11 is 0. The van der Waals surface area contributed by atoms with Gasteiger partial charge in [0.05, 0.1) is 6.10 Å². The van der Waals surface area contributed by atoms with Gasteiger partial charge in [0.2, 0.25) is 0 Å². The molecule has 2 aromatic rings. The predicted molar refractivity (Wildman–Crippen MR) is 86.9 cm³/mol. The molecule has 3 rings (SSSR count). The molecule has 6 heteroatoms. The van der Waals surface area contributed by atoms with Gasteiger partial charge in [-0.1, -0.05) is 12.1 Å². The quantitative estimate of drug-likeness (QED) is 0.759. The second-order valence-electron chi connectivity index (χ2n) is 5.97. The van der Waals surface area contributed by atoms with Crippen LogP contribution in [0.15, 0.2) is 42.5 Å². The SMILES string of the molecule is OC1CNCC1CNCc1ccc(Oc2cc(F)cc(F)c2)cc1. The van der Waals surface area contributed by atoms with Crippen LogP contribution >= 0.6 is 0 Å². The summed E-state index contributed by atoms with van der Waals surface area (Å²) in [5.41, 5.74) is 1.06. The molecule has 4 nitrogen and oxygen atoms in total. The van der Waals surface area contributed by atoms with Crippen LogP contribution in [0.3, 0.4) is 0 Å². The van der Waals surface area contributed by atoms with E-state index in [0.717, 1.165) is 36.9 Å². The van der Waals surface area contributed by atoms with E-state index < -0.39 is 11.6 Å². The predicted octanol–water partition coefficient (Wildman–Crippen LogP) is 2.43. The fraction of sp³-hybridized carbons (Fsp3) is 0.333. The van der Waals surface area contributed by atoms with E-state index >= 15 is 0 Å². The summed E-state index contributed by atoms with van der Waals surface area (Å²) in [6, 6.07) is 10.4. The Morgan fingerprint density at radius 2 is 1.75 bits per heavy atom. The monoisotopic (exact) mass is 334 g/mol. The maximum Gasteiger partial charge on any atom is 0.133 e. The molecule has 1 aliphatic rings. The lowest BCUT2D eigenvalue weighted by Crippen LogP contribution is -2.30. The Labute approximate surface area is 139 Å². The van der Waals surface area contributed by atoms with Crippen molar-refractivity contribution in [3.8, 4) is 11.5 Å². The number of benzene rings is 2. The van der Waals surface area contributed by atoms with Crippen LogP contribution in [0.1, 0.15) is 5.56 Å². The molecule has 0 saturated carbocycles. The first kappa shape index (κ1) is 16.8. The zero-order valence-corrected chi connectivity index (χ0v) is 13.1. The third-order valence-corrected chi connectivity index (χ3v) is 4.03. The molecular formula is C18H20F2N2O2. The highest BCUT2D eigenvalue weighted by Crippen LogP contribution is 2.23. The standard InChI is InChI=1S/C18H20F2N2O2/c19-14-5-15(20)7-17(6-14)24-16-3-1-12(2-4-16)8-21-9-13-10-22-11-18(13)23/h1-7,13,18,21-23H,8-11H2. The van der Waals surface area contributed by atoms with Gasteiger partial charge < -0.3 is 20.5 Å². The van der Waals surface area contributed by atoms with Crippen LogP contribution < -0.4 is 15.4 Å². The van der Waals surface area contributed by atoms with E-state index in [4.69, 9.17) is 4.74 Å². The summed E-state index contributed by atoms with van der Waals surface area (Å²) in [5.74, 6) is -0.473. The number of rotatable bonds is 6. The summed E-state index contributed by atoms with van der Waals surface area (Å²) in [5, 5.41) is 16.2. The van der Waals surface area contributed by atoms with Gasteiger partial charge in [0.1, 0.15) is 23.1 Å². The molecule has 2 unspecified atom stereocenters. The van der Waals surface area contributed by atoms with Gasteiger partial charge >= 0.3 is 0 Å². The molecule has 2 atom stereocenters. The molecule has 0 aliphatic carbocycles. The van der Waals surface area contributed by atoms with E-state index in [-0.39, 0.29) is 17.8 Å².